The van der Waals surface area contributed by atoms with Gasteiger partial charge in [0.05, 0.1) is 5.75 Å². The van der Waals surface area contributed by atoms with E-state index in [1.54, 1.807) is 11.8 Å². The van der Waals surface area contributed by atoms with Crippen molar-refractivity contribution in [3.05, 3.63) is 64.7 Å². The van der Waals surface area contributed by atoms with Gasteiger partial charge in [-0.1, -0.05) is 41.5 Å². The van der Waals surface area contributed by atoms with Crippen LogP contribution in [0.4, 0.5) is 5.69 Å². The Labute approximate surface area is 161 Å². The highest BCUT2D eigenvalue weighted by molar-refractivity contribution is 7.99. The summed E-state index contributed by atoms with van der Waals surface area (Å²) in [6.07, 6.45) is 2.58. The Morgan fingerprint density at radius 3 is 2.31 bits per heavy atom. The summed E-state index contributed by atoms with van der Waals surface area (Å²) < 4.78 is 0. The molecule has 4 heteroatoms. The van der Waals surface area contributed by atoms with Gasteiger partial charge in [0.15, 0.2) is 0 Å². The van der Waals surface area contributed by atoms with Crippen molar-refractivity contribution in [2.24, 2.45) is 0 Å². The molecule has 1 N–H and O–H groups in total. The van der Waals surface area contributed by atoms with Crippen LogP contribution in [0.25, 0.3) is 0 Å². The molecule has 26 heavy (non-hydrogen) atoms. The van der Waals surface area contributed by atoms with Gasteiger partial charge in [-0.15, -0.1) is 11.8 Å². The molecule has 1 heterocycles. The van der Waals surface area contributed by atoms with Crippen LogP contribution >= 0.6 is 11.8 Å². The molecule has 3 rings (SSSR count). The molecule has 3 nitrogen and oxygen atoms in total. The van der Waals surface area contributed by atoms with Crippen LogP contribution in [-0.2, 0) is 17.1 Å². The van der Waals surface area contributed by atoms with Crippen molar-refractivity contribution in [1.29, 1.82) is 0 Å². The number of rotatable bonds is 7. The van der Waals surface area contributed by atoms with Crippen LogP contribution < -0.4 is 10.2 Å². The van der Waals surface area contributed by atoms with E-state index in [0.29, 0.717) is 12.3 Å². The third-order valence-corrected chi connectivity index (χ3v) is 5.68. The van der Waals surface area contributed by atoms with E-state index in [0.717, 1.165) is 24.4 Å². The lowest BCUT2D eigenvalue weighted by molar-refractivity contribution is -0.118. The van der Waals surface area contributed by atoms with Crippen molar-refractivity contribution in [3.63, 3.8) is 0 Å². The van der Waals surface area contributed by atoms with Crippen LogP contribution in [0.3, 0.4) is 0 Å². The SMILES string of the molecule is Cc1cc(C)cc(CSCC(=O)NCc2ccc(N3CCCC3)cc2)c1. The van der Waals surface area contributed by atoms with E-state index in [-0.39, 0.29) is 5.91 Å². The molecule has 1 fully saturated rings. The summed E-state index contributed by atoms with van der Waals surface area (Å²) in [5, 5.41) is 3.02. The molecule has 0 aliphatic carbocycles. The molecule has 0 unspecified atom stereocenters. The predicted octanol–water partition coefficient (Wildman–Crippen LogP) is 4.45. The van der Waals surface area contributed by atoms with Gasteiger partial charge in [-0.3, -0.25) is 4.79 Å². The fraction of sp³-hybridized carbons (Fsp3) is 0.409. The first-order valence-electron chi connectivity index (χ1n) is 9.36. The van der Waals surface area contributed by atoms with Gasteiger partial charge in [-0.05, 0) is 49.9 Å². The zero-order valence-electron chi connectivity index (χ0n) is 15.8. The Morgan fingerprint density at radius 1 is 1.00 bits per heavy atom. The number of carbonyl (C=O) groups is 1. The molecule has 2 aromatic rings. The highest BCUT2D eigenvalue weighted by Crippen LogP contribution is 2.20. The van der Waals surface area contributed by atoms with E-state index in [1.807, 2.05) is 0 Å². The molecular weight excluding hydrogens is 340 g/mol. The quantitative estimate of drug-likeness (QED) is 0.783. The monoisotopic (exact) mass is 368 g/mol. The van der Waals surface area contributed by atoms with Crippen molar-refractivity contribution in [2.75, 3.05) is 23.7 Å². The van der Waals surface area contributed by atoms with Crippen LogP contribution in [0.5, 0.6) is 0 Å². The number of anilines is 1. The third kappa shape index (κ3) is 5.53. The third-order valence-electron chi connectivity index (χ3n) is 4.68. The van der Waals surface area contributed by atoms with Gasteiger partial charge in [0, 0.05) is 31.1 Å². The summed E-state index contributed by atoms with van der Waals surface area (Å²) in [5.74, 6) is 1.47. The minimum Gasteiger partial charge on any atom is -0.372 e. The number of hydrogen-bond donors (Lipinski definition) is 1. The van der Waals surface area contributed by atoms with Crippen LogP contribution in [0.2, 0.25) is 0 Å². The van der Waals surface area contributed by atoms with E-state index in [9.17, 15) is 4.79 Å². The first kappa shape index (κ1) is 18.8. The summed E-state index contributed by atoms with van der Waals surface area (Å²) in [5.41, 5.74) is 6.30. The maximum Gasteiger partial charge on any atom is 0.230 e. The Hall–Kier alpha value is -1.94. The molecule has 1 aliphatic heterocycles. The molecule has 1 amide bonds. The highest BCUT2D eigenvalue weighted by atomic mass is 32.2. The average Bonchev–Trinajstić information content (AvgIpc) is 3.14. The average molecular weight is 369 g/mol. The van der Waals surface area contributed by atoms with E-state index < -0.39 is 0 Å². The van der Waals surface area contributed by atoms with E-state index in [4.69, 9.17) is 0 Å². The van der Waals surface area contributed by atoms with Crippen LogP contribution in [0.1, 0.15) is 35.1 Å². The lowest BCUT2D eigenvalue weighted by Crippen LogP contribution is -2.24. The molecule has 2 aromatic carbocycles. The summed E-state index contributed by atoms with van der Waals surface area (Å²) in [7, 11) is 0. The first-order valence-corrected chi connectivity index (χ1v) is 10.5. The molecule has 138 valence electrons. The standard InChI is InChI=1S/C22H28N2OS/c1-17-11-18(2)13-20(12-17)15-26-16-22(25)23-14-19-5-7-21(8-6-19)24-9-3-4-10-24/h5-8,11-13H,3-4,9-10,14-16H2,1-2H3,(H,23,25). The van der Waals surface area contributed by atoms with Gasteiger partial charge < -0.3 is 10.2 Å². The molecule has 0 spiro atoms. The number of benzene rings is 2. The van der Waals surface area contributed by atoms with Crippen molar-refractivity contribution >= 4 is 23.4 Å². The molecule has 0 saturated carbocycles. The van der Waals surface area contributed by atoms with Gasteiger partial charge in [0.2, 0.25) is 5.91 Å². The second kappa shape index (κ2) is 9.13. The highest BCUT2D eigenvalue weighted by Gasteiger charge is 2.11. The second-order valence-corrected chi connectivity index (χ2v) is 8.11. The van der Waals surface area contributed by atoms with Gasteiger partial charge in [0.25, 0.3) is 0 Å². The fourth-order valence-corrected chi connectivity index (χ4v) is 4.26. The molecular formula is C22H28N2OS. The molecule has 0 atom stereocenters. The molecule has 0 aromatic heterocycles. The number of amides is 1. The minimum absolute atomic E-state index is 0.1000. The van der Waals surface area contributed by atoms with Crippen LogP contribution in [0, 0.1) is 13.8 Å². The first-order chi connectivity index (χ1) is 12.6. The largest absolute Gasteiger partial charge is 0.372 e. The summed E-state index contributed by atoms with van der Waals surface area (Å²) in [6, 6.07) is 15.1. The predicted molar refractivity (Wildman–Crippen MR) is 112 cm³/mol. The number of nitrogens with one attached hydrogen (secondary N) is 1. The van der Waals surface area contributed by atoms with Crippen LogP contribution in [0.15, 0.2) is 42.5 Å². The molecule has 0 radical (unpaired) electrons. The lowest BCUT2D eigenvalue weighted by Gasteiger charge is -2.17. The maximum absolute atomic E-state index is 12.1. The second-order valence-electron chi connectivity index (χ2n) is 7.13. The van der Waals surface area contributed by atoms with Gasteiger partial charge >= 0.3 is 0 Å². The zero-order valence-corrected chi connectivity index (χ0v) is 16.6. The Morgan fingerprint density at radius 2 is 1.65 bits per heavy atom. The van der Waals surface area contributed by atoms with E-state index in [2.05, 4.69) is 66.5 Å². The van der Waals surface area contributed by atoms with Crippen molar-refractivity contribution in [3.8, 4) is 0 Å². The van der Waals surface area contributed by atoms with Crippen molar-refractivity contribution in [1.82, 2.24) is 5.32 Å². The molecule has 1 aliphatic rings. The number of aryl methyl sites for hydroxylation is 2. The van der Waals surface area contributed by atoms with E-state index >= 15 is 0 Å². The van der Waals surface area contributed by atoms with Crippen molar-refractivity contribution in [2.45, 2.75) is 39.0 Å². The van der Waals surface area contributed by atoms with Gasteiger partial charge in [-0.25, -0.2) is 0 Å². The smallest absolute Gasteiger partial charge is 0.230 e. The summed E-state index contributed by atoms with van der Waals surface area (Å²) in [4.78, 5) is 14.5. The number of hydrogen-bond acceptors (Lipinski definition) is 3. The molecule has 0 bridgehead atoms. The lowest BCUT2D eigenvalue weighted by atomic mass is 10.1. The Balaban J connectivity index is 1.39. The zero-order chi connectivity index (χ0) is 18.4. The summed E-state index contributed by atoms with van der Waals surface area (Å²) in [6.45, 7) is 7.15. The Bertz CT molecular complexity index is 716. The van der Waals surface area contributed by atoms with Crippen molar-refractivity contribution < 1.29 is 4.79 Å². The van der Waals surface area contributed by atoms with Gasteiger partial charge in [0.1, 0.15) is 0 Å². The number of nitrogens with zero attached hydrogens (tertiary/aromatic N) is 1. The summed E-state index contributed by atoms with van der Waals surface area (Å²) >= 11 is 1.67. The van der Waals surface area contributed by atoms with Crippen LogP contribution in [-0.4, -0.2) is 24.7 Å². The Kier molecular flexibility index (Phi) is 6.62. The normalized spacial score (nSPS) is 13.8. The number of carbonyl (C=O) groups excluding carboxylic acids is 1. The van der Waals surface area contributed by atoms with E-state index in [1.165, 1.54) is 35.2 Å². The molecule has 1 saturated heterocycles. The minimum atomic E-state index is 0.1000. The number of thioether (sulfide) groups is 1. The topological polar surface area (TPSA) is 32.3 Å². The fourth-order valence-electron chi connectivity index (χ4n) is 3.47. The maximum atomic E-state index is 12.1. The van der Waals surface area contributed by atoms with Gasteiger partial charge in [-0.2, -0.15) is 0 Å².